The van der Waals surface area contributed by atoms with Crippen molar-refractivity contribution in [2.45, 2.75) is 81.6 Å². The minimum absolute atomic E-state index is 0.0656. The van der Waals surface area contributed by atoms with Crippen LogP contribution in [0.1, 0.15) is 66.3 Å². The number of ether oxygens (including phenoxy) is 1. The summed E-state index contributed by atoms with van der Waals surface area (Å²) in [6, 6.07) is 58.6. The summed E-state index contributed by atoms with van der Waals surface area (Å²) in [6.45, 7) is 7.14. The Labute approximate surface area is 447 Å². The lowest BCUT2D eigenvalue weighted by Crippen LogP contribution is -2.55. The second kappa shape index (κ2) is 21.7. The normalized spacial score (nSPS) is 14.3. The van der Waals surface area contributed by atoms with Gasteiger partial charge in [0.05, 0.1) is 17.1 Å². The number of para-hydroxylation sites is 1. The van der Waals surface area contributed by atoms with Gasteiger partial charge in [-0.15, -0.1) is 5.10 Å². The number of aryl methyl sites for hydroxylation is 2. The first-order chi connectivity index (χ1) is 37.2. The Balaban J connectivity index is 0.931. The fraction of sp³-hybridized carbons (Fsp3) is 0.197. The van der Waals surface area contributed by atoms with Crippen molar-refractivity contribution in [3.05, 3.63) is 240 Å². The largest absolute Gasteiger partial charge is 0.444 e. The number of carbonyl (C=O) groups is 3. The Morgan fingerprint density at radius 2 is 1.31 bits per heavy atom. The van der Waals surface area contributed by atoms with Crippen LogP contribution in [0.4, 0.5) is 10.5 Å². The van der Waals surface area contributed by atoms with Gasteiger partial charge in [0.2, 0.25) is 11.8 Å². The number of carbonyl (C=O) groups excluding carboxylic acids is 3. The van der Waals surface area contributed by atoms with E-state index in [0.29, 0.717) is 12.2 Å². The number of alkyl carbamates (subject to hydrolysis) is 1. The topological polar surface area (TPSA) is 183 Å². The summed E-state index contributed by atoms with van der Waals surface area (Å²) in [6.07, 6.45) is 2.14. The van der Waals surface area contributed by atoms with Crippen molar-refractivity contribution < 1.29 is 27.5 Å². The number of hydrogen-bond donors (Lipinski definition) is 2. The Morgan fingerprint density at radius 1 is 0.727 bits per heavy atom. The van der Waals surface area contributed by atoms with Crippen LogP contribution in [0.25, 0.3) is 22.5 Å². The molecule has 0 saturated heterocycles. The third kappa shape index (κ3) is 10.8. The Bertz CT molecular complexity index is 3560. The van der Waals surface area contributed by atoms with Gasteiger partial charge in [0.15, 0.2) is 5.82 Å². The van der Waals surface area contributed by atoms with Crippen LogP contribution in [0.5, 0.6) is 0 Å². The lowest BCUT2D eigenvalue weighted by molar-refractivity contribution is -0.129. The molecule has 0 bridgehead atoms. The highest BCUT2D eigenvalue weighted by Gasteiger charge is 2.42. The number of tetrazole rings is 1. The van der Waals surface area contributed by atoms with E-state index >= 15 is 0 Å². The minimum Gasteiger partial charge on any atom is -0.444 e. The van der Waals surface area contributed by atoms with Crippen molar-refractivity contribution in [1.29, 1.82) is 0 Å². The minimum atomic E-state index is -4.01. The average molecular weight is 1040 g/mol. The van der Waals surface area contributed by atoms with Crippen molar-refractivity contribution in [3.63, 3.8) is 0 Å². The first kappa shape index (κ1) is 51.5. The molecule has 3 amide bonds. The summed E-state index contributed by atoms with van der Waals surface area (Å²) < 4.78 is 35.4. The fourth-order valence-corrected chi connectivity index (χ4v) is 11.1. The van der Waals surface area contributed by atoms with Crippen LogP contribution < -0.4 is 15.5 Å². The summed E-state index contributed by atoms with van der Waals surface area (Å²) in [5, 5.41) is 19.4. The highest BCUT2D eigenvalue weighted by atomic mass is 32.2. The molecule has 0 radical (unpaired) electrons. The summed E-state index contributed by atoms with van der Waals surface area (Å²) in [4.78, 5) is 48.6. The summed E-state index contributed by atoms with van der Waals surface area (Å²) in [7, 11) is -4.01. The molecule has 3 heterocycles. The quantitative estimate of drug-likeness (QED) is 0.0938. The second-order valence-electron chi connectivity index (χ2n) is 20.0. The predicted molar refractivity (Wildman–Crippen MR) is 294 cm³/mol. The molecule has 0 unspecified atom stereocenters. The van der Waals surface area contributed by atoms with Gasteiger partial charge in [-0.05, 0) is 108 Å². The molecule has 2 N–H and O–H groups in total. The van der Waals surface area contributed by atoms with Crippen LogP contribution in [0.2, 0.25) is 0 Å². The Morgan fingerprint density at radius 3 is 1.94 bits per heavy atom. The van der Waals surface area contributed by atoms with Crippen molar-refractivity contribution >= 4 is 33.6 Å². The molecule has 0 aliphatic carbocycles. The zero-order chi connectivity index (χ0) is 53.7. The molecule has 16 heteroatoms. The fourth-order valence-electron chi connectivity index (χ4n) is 9.95. The maximum atomic E-state index is 14.9. The monoisotopic (exact) mass is 1040 g/mol. The highest BCUT2D eigenvalue weighted by molar-refractivity contribution is 7.90. The van der Waals surface area contributed by atoms with Gasteiger partial charge in [0.25, 0.3) is 10.0 Å². The Hall–Kier alpha value is -9.02. The van der Waals surface area contributed by atoms with Crippen molar-refractivity contribution in [3.8, 4) is 22.5 Å². The van der Waals surface area contributed by atoms with Crippen LogP contribution in [0, 0.1) is 6.92 Å². The summed E-state index contributed by atoms with van der Waals surface area (Å²) >= 11 is 0. The molecule has 77 heavy (non-hydrogen) atoms. The number of rotatable bonds is 15. The lowest BCUT2D eigenvalue weighted by atomic mass is 9.77. The van der Waals surface area contributed by atoms with Gasteiger partial charge in [0, 0.05) is 23.9 Å². The number of anilines is 1. The number of hydrogen-bond acceptors (Lipinski definition) is 10. The molecule has 15 nitrogen and oxygen atoms in total. The molecule has 2 atom stereocenters. The van der Waals surface area contributed by atoms with E-state index in [-0.39, 0.29) is 35.9 Å². The van der Waals surface area contributed by atoms with E-state index in [4.69, 9.17) is 15.0 Å². The van der Waals surface area contributed by atoms with E-state index in [0.717, 1.165) is 66.1 Å². The average Bonchev–Trinajstić information content (AvgIpc) is 4.20. The number of amides is 3. The van der Waals surface area contributed by atoms with E-state index in [1.54, 1.807) is 37.8 Å². The first-order valence-electron chi connectivity index (χ1n) is 25.4. The van der Waals surface area contributed by atoms with Crippen molar-refractivity contribution in [2.24, 2.45) is 0 Å². The smallest absolute Gasteiger partial charge is 0.408 e. The number of nitrogens with one attached hydrogen (secondary N) is 2. The maximum absolute atomic E-state index is 14.9. The molecular formula is C61H57N9O6S. The molecule has 1 aliphatic heterocycles. The number of nitrogens with zero attached hydrogens (tertiary/aromatic N) is 7. The molecule has 0 fully saturated rings. The van der Waals surface area contributed by atoms with Crippen LogP contribution >= 0.6 is 0 Å². The van der Waals surface area contributed by atoms with Gasteiger partial charge < -0.3 is 20.3 Å². The standard InChI is InChI=1S/C61H57N9O6S/c1-42-28-35-50(36-29-42)77(74,75)68-40-49(62-41-68)38-54(64-59(73)76-60(2,3)4)57(71)63-53-37-34-45-18-14-17-27-55(45)69(58(53)72)39-43-30-32-44(33-31-43)51-25-15-16-26-52(51)56-65-66-67-70(56)61(46-19-8-5-9-20-46,47-21-10-6-11-22-47)48-23-12-7-13-24-48/h5-33,35-36,40-41,53-54H,34,37-39H2,1-4H3,(H,63,71)(H,64,73)/t53-,54-/m1/s1. The van der Waals surface area contributed by atoms with Gasteiger partial charge in [-0.2, -0.15) is 0 Å². The van der Waals surface area contributed by atoms with Gasteiger partial charge in [-0.1, -0.05) is 175 Å². The second-order valence-corrected chi connectivity index (χ2v) is 21.9. The molecular weight excluding hydrogens is 987 g/mol. The van der Waals surface area contributed by atoms with Crippen molar-refractivity contribution in [2.75, 3.05) is 4.90 Å². The number of fused-ring (bicyclic) bond motifs is 1. The number of imidazole rings is 1. The number of benzene rings is 7. The SMILES string of the molecule is Cc1ccc(S(=O)(=O)n2cnc(C[C@@H](NC(=O)OC(C)(C)C)C(=O)N[C@@H]3CCc4ccccc4N(Cc4ccc(-c5ccccc5-c5nnnn5C(c5ccccc5)(c5ccccc5)c5ccccc5)cc4)C3=O)c2)cc1. The van der Waals surface area contributed by atoms with Crippen LogP contribution in [-0.2, 0) is 49.3 Å². The molecule has 2 aromatic heterocycles. The van der Waals surface area contributed by atoms with Gasteiger partial charge in [-0.3, -0.25) is 9.59 Å². The maximum Gasteiger partial charge on any atom is 0.408 e. The van der Waals surface area contributed by atoms with E-state index < -0.39 is 45.2 Å². The van der Waals surface area contributed by atoms with Gasteiger partial charge >= 0.3 is 6.09 Å². The third-order valence-corrected chi connectivity index (χ3v) is 15.3. The molecule has 0 spiro atoms. The third-order valence-electron chi connectivity index (χ3n) is 13.6. The predicted octanol–water partition coefficient (Wildman–Crippen LogP) is 9.69. The molecule has 388 valence electrons. The summed E-state index contributed by atoms with van der Waals surface area (Å²) in [5.74, 6) is -0.447. The lowest BCUT2D eigenvalue weighted by Gasteiger charge is -2.36. The van der Waals surface area contributed by atoms with Gasteiger partial charge in [-0.25, -0.2) is 26.9 Å². The zero-order valence-corrected chi connectivity index (χ0v) is 43.8. The van der Waals surface area contributed by atoms with Crippen molar-refractivity contribution in [1.82, 2.24) is 39.8 Å². The molecule has 0 saturated carbocycles. The van der Waals surface area contributed by atoms with E-state index in [2.05, 4.69) is 57.2 Å². The molecule has 1 aliphatic rings. The Kier molecular flexibility index (Phi) is 14.5. The summed E-state index contributed by atoms with van der Waals surface area (Å²) in [5.41, 5.74) is 7.30. The van der Waals surface area contributed by atoms with Crippen LogP contribution in [-0.4, -0.2) is 73.2 Å². The highest BCUT2D eigenvalue weighted by Crippen LogP contribution is 2.43. The van der Waals surface area contributed by atoms with Crippen LogP contribution in [0.15, 0.2) is 205 Å². The number of aromatic nitrogens is 6. The van der Waals surface area contributed by atoms with Crippen LogP contribution in [0.3, 0.4) is 0 Å². The molecule has 7 aromatic carbocycles. The van der Waals surface area contributed by atoms with E-state index in [1.165, 1.54) is 18.3 Å². The molecule has 9 aromatic rings. The van der Waals surface area contributed by atoms with E-state index in [9.17, 15) is 22.8 Å². The molecule has 10 rings (SSSR count). The van der Waals surface area contributed by atoms with E-state index in [1.807, 2.05) is 139 Å². The zero-order valence-electron chi connectivity index (χ0n) is 43.0. The van der Waals surface area contributed by atoms with Gasteiger partial charge in [0.1, 0.15) is 29.6 Å². The first-order valence-corrected chi connectivity index (χ1v) is 26.8.